The highest BCUT2D eigenvalue weighted by atomic mass is 15.1. The molecule has 0 atom stereocenters. The monoisotopic (exact) mass is 1690 g/mol. The highest BCUT2D eigenvalue weighted by Gasteiger charge is 2.27. The minimum Gasteiger partial charge on any atom is -0.308 e. The lowest BCUT2D eigenvalue weighted by molar-refractivity contribution is 1.06. The standard InChI is InChI=1S/C60H39N7.C58H37N7/c1-6-20-40(21-7-1)45-30-18-31-46(38-45)58-64-57(44-28-14-5-15-29-44)65-60(66-58)50-39-47(59-62-55(42-24-10-3-11-25-42)61-56(63-59)43-26-12-4-13-27-43)36-37-52(50)67-51-34-17-16-32-49(51)54-48(33-19-35-53(54)67)41-22-8-2-9-23-41;1-5-19-39(20-6-1)46-29-17-31-51-52(46)47-28-15-16-30-49(47)65(51)50-35-34-45(37-48(50)58-63-54(41-23-9-3-10-24-41)59-55(64-58)42-25-11-4-12-26-42)57-61-53(40-21-7-2-8-22-40)60-56(62-57)44-33-32-38-18-13-14-27-43(38)36-44/h1-39H;1-37H. The first-order valence-corrected chi connectivity index (χ1v) is 43.9. The van der Waals surface area contributed by atoms with E-state index in [4.69, 9.17) is 59.8 Å². The molecule has 0 aliphatic heterocycles. The summed E-state index contributed by atoms with van der Waals surface area (Å²) in [6.45, 7) is 0. The van der Waals surface area contributed by atoms with E-state index < -0.39 is 0 Å². The van der Waals surface area contributed by atoms with E-state index in [-0.39, 0.29) is 0 Å². The van der Waals surface area contributed by atoms with Gasteiger partial charge in [-0.3, -0.25) is 0 Å². The van der Waals surface area contributed by atoms with Gasteiger partial charge in [-0.1, -0.05) is 388 Å². The van der Waals surface area contributed by atoms with Crippen LogP contribution < -0.4 is 0 Å². The molecule has 0 spiro atoms. The van der Waals surface area contributed by atoms with Crippen molar-refractivity contribution >= 4 is 54.4 Å². The van der Waals surface area contributed by atoms with Crippen molar-refractivity contribution in [2.75, 3.05) is 0 Å². The molecule has 0 N–H and O–H groups in total. The highest BCUT2D eigenvalue weighted by molar-refractivity contribution is 6.17. The summed E-state index contributed by atoms with van der Waals surface area (Å²) in [5.74, 6) is 6.69. The molecule has 0 aliphatic carbocycles. The van der Waals surface area contributed by atoms with Crippen LogP contribution in [0.15, 0.2) is 461 Å². The molecule has 6 aromatic heterocycles. The van der Waals surface area contributed by atoms with E-state index in [1.807, 2.05) is 188 Å². The minimum atomic E-state index is 0.511. The number of fused-ring (bicyclic) bond motifs is 7. The van der Waals surface area contributed by atoms with E-state index in [1.54, 1.807) is 0 Å². The van der Waals surface area contributed by atoms with Crippen molar-refractivity contribution in [2.24, 2.45) is 0 Å². The maximum Gasteiger partial charge on any atom is 0.166 e. The Labute approximate surface area is 760 Å². The molecular weight excluding hydrogens is 1610 g/mol. The molecule has 6 heterocycles. The van der Waals surface area contributed by atoms with E-state index in [0.29, 0.717) is 69.9 Å². The lowest BCUT2D eigenvalue weighted by atomic mass is 9.99. The maximum absolute atomic E-state index is 5.41. The fourth-order valence-electron chi connectivity index (χ4n) is 17.7. The fraction of sp³-hybridized carbons (Fsp3) is 0. The zero-order valence-electron chi connectivity index (χ0n) is 71.1. The first-order chi connectivity index (χ1) is 65.4. The van der Waals surface area contributed by atoms with Crippen molar-refractivity contribution in [1.29, 1.82) is 0 Å². The predicted octanol–water partition coefficient (Wildman–Crippen LogP) is 28.5. The zero-order chi connectivity index (χ0) is 87.6. The molecule has 0 aliphatic rings. The van der Waals surface area contributed by atoms with Crippen molar-refractivity contribution in [3.05, 3.63) is 461 Å². The van der Waals surface area contributed by atoms with Crippen molar-refractivity contribution < 1.29 is 0 Å². The Bertz CT molecular complexity index is 8300. The maximum atomic E-state index is 5.41. The number of hydrogen-bond acceptors (Lipinski definition) is 12. The topological polar surface area (TPSA) is 165 Å². The van der Waals surface area contributed by atoms with E-state index in [9.17, 15) is 0 Å². The molecule has 132 heavy (non-hydrogen) atoms. The summed E-state index contributed by atoms with van der Waals surface area (Å²) in [6, 6.07) is 158. The summed E-state index contributed by atoms with van der Waals surface area (Å²) >= 11 is 0. The van der Waals surface area contributed by atoms with E-state index in [2.05, 4.69) is 282 Å². The molecule has 0 saturated carbocycles. The Hall–Kier alpha value is -18.1. The van der Waals surface area contributed by atoms with Gasteiger partial charge in [-0.2, -0.15) is 0 Å². The molecule has 618 valence electrons. The van der Waals surface area contributed by atoms with E-state index >= 15 is 0 Å². The fourth-order valence-corrected chi connectivity index (χ4v) is 17.7. The molecule has 24 rings (SSSR count). The van der Waals surface area contributed by atoms with E-state index in [0.717, 1.165) is 161 Å². The quantitative estimate of drug-likeness (QED) is 0.0848. The molecule has 0 saturated heterocycles. The molecule has 14 nitrogen and oxygen atoms in total. The summed E-state index contributed by atoms with van der Waals surface area (Å²) in [5, 5.41) is 6.88. The van der Waals surface area contributed by atoms with Gasteiger partial charge in [0.2, 0.25) is 0 Å². The van der Waals surface area contributed by atoms with Crippen LogP contribution in [0.1, 0.15) is 0 Å². The molecule has 0 unspecified atom stereocenters. The third kappa shape index (κ3) is 15.3. The lowest BCUT2D eigenvalue weighted by Gasteiger charge is -2.16. The van der Waals surface area contributed by atoms with Gasteiger partial charge in [-0.15, -0.1) is 0 Å². The summed E-state index contributed by atoms with van der Waals surface area (Å²) < 4.78 is 4.68. The second-order valence-corrected chi connectivity index (χ2v) is 32.2. The molecule has 0 radical (unpaired) electrons. The largest absolute Gasteiger partial charge is 0.308 e. The van der Waals surface area contributed by atoms with Gasteiger partial charge >= 0.3 is 0 Å². The van der Waals surface area contributed by atoms with Crippen LogP contribution in [0.5, 0.6) is 0 Å². The summed E-state index contributed by atoms with van der Waals surface area (Å²) in [7, 11) is 0. The van der Waals surface area contributed by atoms with Gasteiger partial charge in [-0.05, 0) is 117 Å². The number of nitrogens with zero attached hydrogens (tertiary/aromatic N) is 14. The third-order valence-electron chi connectivity index (χ3n) is 24.0. The third-order valence-corrected chi connectivity index (χ3v) is 24.0. The van der Waals surface area contributed by atoms with Gasteiger partial charge < -0.3 is 9.13 Å². The molecule has 0 fully saturated rings. The minimum absolute atomic E-state index is 0.511. The Kier molecular flexibility index (Phi) is 20.6. The first-order valence-electron chi connectivity index (χ1n) is 43.9. The van der Waals surface area contributed by atoms with Gasteiger partial charge in [0.05, 0.1) is 33.4 Å². The van der Waals surface area contributed by atoms with Gasteiger partial charge in [0, 0.05) is 88.3 Å². The summed E-state index contributed by atoms with van der Waals surface area (Å²) in [5.41, 5.74) is 23.1. The second-order valence-electron chi connectivity index (χ2n) is 32.2. The van der Waals surface area contributed by atoms with Gasteiger partial charge in [0.25, 0.3) is 0 Å². The summed E-state index contributed by atoms with van der Waals surface area (Å²) in [6.07, 6.45) is 0. The lowest BCUT2D eigenvalue weighted by Crippen LogP contribution is -2.05. The number of hydrogen-bond donors (Lipinski definition) is 0. The second kappa shape index (κ2) is 34.7. The Morgan fingerprint density at radius 2 is 0.371 bits per heavy atom. The van der Waals surface area contributed by atoms with Crippen LogP contribution in [0.4, 0.5) is 0 Å². The molecule has 24 aromatic rings. The predicted molar refractivity (Wildman–Crippen MR) is 534 cm³/mol. The Morgan fingerprint density at radius 3 is 0.727 bits per heavy atom. The number of benzene rings is 18. The van der Waals surface area contributed by atoms with Gasteiger partial charge in [-0.25, -0.2) is 59.8 Å². The summed E-state index contributed by atoms with van der Waals surface area (Å²) in [4.78, 5) is 62.4. The Balaban J connectivity index is 0.000000150. The number of para-hydroxylation sites is 2. The van der Waals surface area contributed by atoms with Crippen LogP contribution in [0.3, 0.4) is 0 Å². The van der Waals surface area contributed by atoms with Crippen molar-refractivity contribution in [3.8, 4) is 181 Å². The number of rotatable bonds is 17. The van der Waals surface area contributed by atoms with Crippen LogP contribution >= 0.6 is 0 Å². The highest BCUT2D eigenvalue weighted by Crippen LogP contribution is 2.46. The van der Waals surface area contributed by atoms with Crippen molar-refractivity contribution in [3.63, 3.8) is 0 Å². The molecule has 0 amide bonds. The number of aromatic nitrogens is 14. The van der Waals surface area contributed by atoms with Gasteiger partial charge in [0.1, 0.15) is 0 Å². The van der Waals surface area contributed by atoms with Crippen LogP contribution in [0, 0.1) is 0 Å². The van der Waals surface area contributed by atoms with E-state index in [1.165, 1.54) is 5.39 Å². The first kappa shape index (κ1) is 78.6. The van der Waals surface area contributed by atoms with Gasteiger partial charge in [0.15, 0.2) is 69.9 Å². The zero-order valence-corrected chi connectivity index (χ0v) is 71.1. The SMILES string of the molecule is c1ccc(-c2cccc(-c3nc(-c4ccccc4)nc(-c4cc(-c5nc(-c6ccccc6)nc(-c6ccccc6)n5)ccc4-n4c5ccccc5c5c(-c6ccccc6)cccc54)n3)c2)cc1.c1ccc(-c2nc(-c3ccc(-n4c5ccccc5c5c(-c6ccccc6)cccc54)c(-c4nc(-c5ccccc5)nc(-c5ccccc5)n4)c3)nc(-c3ccc4ccccc4c3)n2)cc1. The van der Waals surface area contributed by atoms with Crippen LogP contribution in [0.2, 0.25) is 0 Å². The van der Waals surface area contributed by atoms with Crippen LogP contribution in [-0.2, 0) is 0 Å². The normalized spacial score (nSPS) is 11.3. The van der Waals surface area contributed by atoms with Crippen LogP contribution in [-0.4, -0.2) is 68.9 Å². The smallest absolute Gasteiger partial charge is 0.166 e. The Morgan fingerprint density at radius 1 is 0.129 bits per heavy atom. The average molecular weight is 1690 g/mol. The van der Waals surface area contributed by atoms with Crippen LogP contribution in [0.25, 0.3) is 236 Å². The van der Waals surface area contributed by atoms with Crippen molar-refractivity contribution in [1.82, 2.24) is 68.9 Å². The molecular formula is C118H76N14. The molecule has 18 aromatic carbocycles. The van der Waals surface area contributed by atoms with Crippen molar-refractivity contribution in [2.45, 2.75) is 0 Å². The molecule has 14 heteroatoms. The average Bonchev–Trinajstić information content (AvgIpc) is 1.57. The molecule has 0 bridgehead atoms.